The van der Waals surface area contributed by atoms with Crippen molar-refractivity contribution in [2.45, 2.75) is 45.4 Å². The summed E-state index contributed by atoms with van der Waals surface area (Å²) >= 11 is 0. The van der Waals surface area contributed by atoms with E-state index >= 15 is 0 Å². The molecule has 0 aliphatic heterocycles. The minimum Gasteiger partial charge on any atom is -0.385 e. The molecule has 0 radical (unpaired) electrons. The summed E-state index contributed by atoms with van der Waals surface area (Å²) in [5.74, 6) is 7.85. The Bertz CT molecular complexity index is 250. The van der Waals surface area contributed by atoms with E-state index in [1.165, 1.54) is 32.1 Å². The maximum absolute atomic E-state index is 5.47. The van der Waals surface area contributed by atoms with E-state index in [1.54, 1.807) is 7.11 Å². The van der Waals surface area contributed by atoms with Gasteiger partial charge in [0.1, 0.15) is 0 Å². The lowest BCUT2D eigenvalue weighted by Crippen LogP contribution is -2.42. The van der Waals surface area contributed by atoms with Crippen LogP contribution in [0.2, 0.25) is 0 Å². The normalized spacial score (nSPS) is 24.3. The molecule has 1 aliphatic carbocycles. The molecule has 0 aromatic carbocycles. The second-order valence-electron chi connectivity index (χ2n) is 5.40. The zero-order valence-electron chi connectivity index (χ0n) is 12.5. The molecule has 19 heavy (non-hydrogen) atoms. The number of guanidine groups is 1. The molecule has 0 heterocycles. The summed E-state index contributed by atoms with van der Waals surface area (Å²) in [5.41, 5.74) is 2.64. The number of rotatable bonds is 7. The van der Waals surface area contributed by atoms with Gasteiger partial charge in [0, 0.05) is 26.8 Å². The summed E-state index contributed by atoms with van der Waals surface area (Å²) < 4.78 is 5.00. The highest BCUT2D eigenvalue weighted by Gasteiger charge is 2.19. The predicted octanol–water partition coefficient (Wildman–Crippen LogP) is 1.65. The molecule has 0 atom stereocenters. The zero-order chi connectivity index (χ0) is 13.9. The van der Waals surface area contributed by atoms with Crippen molar-refractivity contribution in [2.75, 3.05) is 26.8 Å². The number of nitrogens with two attached hydrogens (primary N) is 1. The fourth-order valence-corrected chi connectivity index (χ4v) is 2.62. The summed E-state index contributed by atoms with van der Waals surface area (Å²) in [5, 5.41) is 3.20. The van der Waals surface area contributed by atoms with E-state index in [0.29, 0.717) is 5.96 Å². The van der Waals surface area contributed by atoms with Crippen LogP contribution in [0.25, 0.3) is 0 Å². The molecular formula is C14H30N4O. The fourth-order valence-electron chi connectivity index (χ4n) is 2.62. The number of methoxy groups -OCH3 is 1. The Labute approximate surface area is 117 Å². The highest BCUT2D eigenvalue weighted by atomic mass is 16.5. The Hall–Kier alpha value is -0.810. The maximum Gasteiger partial charge on any atom is 0.205 e. The summed E-state index contributed by atoms with van der Waals surface area (Å²) in [7, 11) is 1.71. The lowest BCUT2D eigenvalue weighted by Gasteiger charge is -2.26. The fraction of sp³-hybridized carbons (Fsp3) is 0.929. The van der Waals surface area contributed by atoms with Gasteiger partial charge in [0.25, 0.3) is 0 Å². The molecule has 5 nitrogen and oxygen atoms in total. The number of nitrogens with zero attached hydrogens (tertiary/aromatic N) is 1. The van der Waals surface area contributed by atoms with Crippen LogP contribution in [0.5, 0.6) is 0 Å². The van der Waals surface area contributed by atoms with Gasteiger partial charge in [-0.05, 0) is 31.1 Å². The van der Waals surface area contributed by atoms with Crippen LogP contribution in [-0.2, 0) is 4.74 Å². The first-order valence-electron chi connectivity index (χ1n) is 7.54. The number of hydrazine groups is 1. The SMILES string of the molecule is CCC1CCC(CN=C(NN)NCCCOC)CC1. The number of nitrogens with one attached hydrogen (secondary N) is 2. The van der Waals surface area contributed by atoms with Gasteiger partial charge >= 0.3 is 0 Å². The van der Waals surface area contributed by atoms with E-state index in [2.05, 4.69) is 22.7 Å². The first-order valence-corrected chi connectivity index (χ1v) is 7.54. The summed E-state index contributed by atoms with van der Waals surface area (Å²) in [6.45, 7) is 4.77. The Balaban J connectivity index is 2.20. The monoisotopic (exact) mass is 270 g/mol. The van der Waals surface area contributed by atoms with Gasteiger partial charge in [0.15, 0.2) is 0 Å². The van der Waals surface area contributed by atoms with Gasteiger partial charge in [0.05, 0.1) is 0 Å². The van der Waals surface area contributed by atoms with Crippen molar-refractivity contribution in [2.24, 2.45) is 22.7 Å². The van der Waals surface area contributed by atoms with Crippen molar-refractivity contribution in [3.63, 3.8) is 0 Å². The van der Waals surface area contributed by atoms with Crippen molar-refractivity contribution in [1.82, 2.24) is 10.7 Å². The van der Waals surface area contributed by atoms with E-state index in [4.69, 9.17) is 10.6 Å². The third-order valence-electron chi connectivity index (χ3n) is 4.01. The molecule has 4 N–H and O–H groups in total. The Morgan fingerprint density at radius 3 is 2.53 bits per heavy atom. The largest absolute Gasteiger partial charge is 0.385 e. The van der Waals surface area contributed by atoms with Crippen molar-refractivity contribution in [1.29, 1.82) is 0 Å². The highest BCUT2D eigenvalue weighted by Crippen LogP contribution is 2.30. The molecule has 0 aromatic rings. The molecule has 5 heteroatoms. The van der Waals surface area contributed by atoms with Crippen LogP contribution in [0.4, 0.5) is 0 Å². The van der Waals surface area contributed by atoms with Gasteiger partial charge in [0.2, 0.25) is 5.96 Å². The van der Waals surface area contributed by atoms with Crippen molar-refractivity contribution in [3.8, 4) is 0 Å². The number of aliphatic imine (C=N–C) groups is 1. The standard InChI is InChI=1S/C14H30N4O/c1-3-12-5-7-13(8-6-12)11-17-14(18-15)16-9-4-10-19-2/h12-13H,3-11,15H2,1-2H3,(H2,16,17,18). The summed E-state index contributed by atoms with van der Waals surface area (Å²) in [4.78, 5) is 4.54. The molecule has 1 rings (SSSR count). The molecule has 0 aromatic heterocycles. The van der Waals surface area contributed by atoms with E-state index < -0.39 is 0 Å². The minimum atomic E-state index is 0.703. The smallest absolute Gasteiger partial charge is 0.205 e. The zero-order valence-corrected chi connectivity index (χ0v) is 12.5. The molecule has 112 valence electrons. The predicted molar refractivity (Wildman–Crippen MR) is 79.9 cm³/mol. The Morgan fingerprint density at radius 1 is 1.26 bits per heavy atom. The van der Waals surface area contributed by atoms with E-state index in [0.717, 1.165) is 38.0 Å². The van der Waals surface area contributed by atoms with Crippen molar-refractivity contribution in [3.05, 3.63) is 0 Å². The average molecular weight is 270 g/mol. The first kappa shape index (κ1) is 16.2. The van der Waals surface area contributed by atoms with Gasteiger partial charge in [-0.2, -0.15) is 0 Å². The van der Waals surface area contributed by atoms with Gasteiger partial charge in [-0.1, -0.05) is 26.2 Å². The van der Waals surface area contributed by atoms with Crippen LogP contribution in [0.1, 0.15) is 45.4 Å². The molecule has 0 bridgehead atoms. The molecule has 1 saturated carbocycles. The molecule has 0 spiro atoms. The summed E-state index contributed by atoms with van der Waals surface area (Å²) in [6.07, 6.45) is 7.63. The molecule has 0 amide bonds. The molecule has 0 unspecified atom stereocenters. The molecule has 0 saturated heterocycles. The van der Waals surface area contributed by atoms with Crippen LogP contribution < -0.4 is 16.6 Å². The van der Waals surface area contributed by atoms with Gasteiger partial charge in [-0.3, -0.25) is 10.4 Å². The van der Waals surface area contributed by atoms with Gasteiger partial charge < -0.3 is 10.1 Å². The number of ether oxygens (including phenoxy) is 1. The first-order chi connectivity index (χ1) is 9.30. The molecule has 1 aliphatic rings. The summed E-state index contributed by atoms with van der Waals surface area (Å²) in [6, 6.07) is 0. The number of hydrogen-bond donors (Lipinski definition) is 3. The second kappa shape index (κ2) is 10.0. The highest BCUT2D eigenvalue weighted by molar-refractivity contribution is 5.79. The lowest BCUT2D eigenvalue weighted by atomic mass is 9.81. The van der Waals surface area contributed by atoms with Crippen LogP contribution >= 0.6 is 0 Å². The van der Waals surface area contributed by atoms with E-state index in [1.807, 2.05) is 0 Å². The van der Waals surface area contributed by atoms with E-state index in [-0.39, 0.29) is 0 Å². The van der Waals surface area contributed by atoms with Crippen LogP contribution in [-0.4, -0.2) is 32.8 Å². The third-order valence-corrected chi connectivity index (χ3v) is 4.01. The quantitative estimate of drug-likeness (QED) is 0.216. The van der Waals surface area contributed by atoms with E-state index in [9.17, 15) is 0 Å². The van der Waals surface area contributed by atoms with Crippen LogP contribution in [0.3, 0.4) is 0 Å². The maximum atomic E-state index is 5.47. The minimum absolute atomic E-state index is 0.703. The van der Waals surface area contributed by atoms with Gasteiger partial charge in [-0.25, -0.2) is 5.84 Å². The number of hydrogen-bond acceptors (Lipinski definition) is 3. The van der Waals surface area contributed by atoms with Gasteiger partial charge in [-0.15, -0.1) is 0 Å². The topological polar surface area (TPSA) is 71.7 Å². The van der Waals surface area contributed by atoms with Crippen molar-refractivity contribution < 1.29 is 4.74 Å². The third kappa shape index (κ3) is 6.78. The average Bonchev–Trinajstić information content (AvgIpc) is 2.47. The van der Waals surface area contributed by atoms with Crippen LogP contribution in [0, 0.1) is 11.8 Å². The Kier molecular flexibility index (Phi) is 8.58. The lowest BCUT2D eigenvalue weighted by molar-refractivity contribution is 0.195. The molecule has 1 fully saturated rings. The Morgan fingerprint density at radius 2 is 1.95 bits per heavy atom. The van der Waals surface area contributed by atoms with Crippen molar-refractivity contribution >= 4 is 5.96 Å². The molecular weight excluding hydrogens is 240 g/mol. The van der Waals surface area contributed by atoms with Crippen LogP contribution in [0.15, 0.2) is 4.99 Å². The second-order valence-corrected chi connectivity index (χ2v) is 5.40.